The summed E-state index contributed by atoms with van der Waals surface area (Å²) < 4.78 is 38.9. The summed E-state index contributed by atoms with van der Waals surface area (Å²) in [6, 6.07) is 14.6. The molecule has 4 rings (SSSR count). The Kier molecular flexibility index (Phi) is 5.50. The van der Waals surface area contributed by atoms with Crippen molar-refractivity contribution in [1.82, 2.24) is 4.98 Å². The normalized spacial score (nSPS) is 19.6. The van der Waals surface area contributed by atoms with E-state index in [9.17, 15) is 13.2 Å². The Bertz CT molecular complexity index is 1170. The molecule has 0 bridgehead atoms. The molecule has 1 unspecified atom stereocenters. The molecular weight excluding hydrogens is 406 g/mol. The second kappa shape index (κ2) is 8.10. The number of quaternary nitrogens is 1. The molecule has 158 valence electrons. The Labute approximate surface area is 174 Å². The number of para-hydroxylation sites is 1. The van der Waals surface area contributed by atoms with Crippen molar-refractivity contribution < 1.29 is 27.0 Å². The number of aryl methyl sites for hydroxylation is 1. The van der Waals surface area contributed by atoms with E-state index in [4.69, 9.17) is 15.2 Å². The van der Waals surface area contributed by atoms with Gasteiger partial charge >= 0.3 is 10.0 Å². The highest BCUT2D eigenvalue weighted by atomic mass is 32.2. The molecular formula is C21H24N3O5S+. The van der Waals surface area contributed by atoms with Crippen molar-refractivity contribution in [2.75, 3.05) is 26.3 Å². The van der Waals surface area contributed by atoms with Crippen LogP contribution in [0, 0.1) is 6.92 Å². The first-order valence-corrected chi connectivity index (χ1v) is 11.2. The molecule has 0 saturated carbocycles. The zero-order valence-electron chi connectivity index (χ0n) is 16.6. The quantitative estimate of drug-likeness (QED) is 0.530. The van der Waals surface area contributed by atoms with Crippen LogP contribution in [0.1, 0.15) is 16.1 Å². The van der Waals surface area contributed by atoms with E-state index < -0.39 is 22.0 Å². The van der Waals surface area contributed by atoms with Gasteiger partial charge in [0.1, 0.15) is 37.2 Å². The lowest BCUT2D eigenvalue weighted by atomic mass is 10.2. The van der Waals surface area contributed by atoms with Gasteiger partial charge in [-0.15, -0.1) is 0 Å². The van der Waals surface area contributed by atoms with Crippen LogP contribution in [0.4, 0.5) is 0 Å². The number of hydrogen-bond acceptors (Lipinski definition) is 5. The molecule has 2 atom stereocenters. The molecule has 1 aliphatic heterocycles. The number of nitrogens with one attached hydrogen (secondary N) is 2. The minimum Gasteiger partial charge on any atom is -0.491 e. The molecule has 2 heterocycles. The topological polar surface area (TPSA) is 116 Å². The van der Waals surface area contributed by atoms with Gasteiger partial charge in [-0.2, -0.15) is 8.42 Å². The third-order valence-corrected chi connectivity index (χ3v) is 7.26. The average molecular weight is 431 g/mol. The SMILES string of the molecule is Cc1ccc2[nH]c(C(N)=O)c(S(=O)(=O)[NH+]3CCO[C@@H](COc4ccccc4)C3)c2c1. The molecule has 3 aromatic rings. The molecule has 0 radical (unpaired) electrons. The number of amides is 1. The smallest absolute Gasteiger partial charge is 0.328 e. The number of carbonyl (C=O) groups is 1. The maximum absolute atomic E-state index is 13.6. The van der Waals surface area contributed by atoms with Gasteiger partial charge in [-0.1, -0.05) is 29.8 Å². The van der Waals surface area contributed by atoms with E-state index in [-0.39, 0.29) is 36.9 Å². The molecule has 1 saturated heterocycles. The van der Waals surface area contributed by atoms with Crippen LogP contribution in [0.15, 0.2) is 53.4 Å². The Hall–Kier alpha value is -2.88. The van der Waals surface area contributed by atoms with E-state index in [2.05, 4.69) is 4.98 Å². The van der Waals surface area contributed by atoms with Crippen LogP contribution in [-0.4, -0.2) is 51.7 Å². The Morgan fingerprint density at radius 3 is 2.77 bits per heavy atom. The number of fused-ring (bicyclic) bond motifs is 1. The predicted octanol–water partition coefficient (Wildman–Crippen LogP) is 0.627. The first kappa shape index (κ1) is 20.4. The van der Waals surface area contributed by atoms with Crippen LogP contribution in [0.3, 0.4) is 0 Å². The van der Waals surface area contributed by atoms with Gasteiger partial charge in [0.05, 0.1) is 6.61 Å². The number of H-pyrrole nitrogens is 1. The van der Waals surface area contributed by atoms with Gasteiger partial charge in [0, 0.05) is 10.9 Å². The number of aromatic amines is 1. The van der Waals surface area contributed by atoms with Crippen LogP contribution in [0.5, 0.6) is 5.75 Å². The maximum atomic E-state index is 13.6. The maximum Gasteiger partial charge on any atom is 0.328 e. The highest BCUT2D eigenvalue weighted by molar-refractivity contribution is 7.85. The van der Waals surface area contributed by atoms with Crippen LogP contribution < -0.4 is 14.8 Å². The highest BCUT2D eigenvalue weighted by Gasteiger charge is 2.39. The fourth-order valence-corrected chi connectivity index (χ4v) is 5.61. The summed E-state index contributed by atoms with van der Waals surface area (Å²) in [5.74, 6) is -0.113. The number of aromatic nitrogens is 1. The van der Waals surface area contributed by atoms with Crippen molar-refractivity contribution in [3.63, 3.8) is 0 Å². The van der Waals surface area contributed by atoms with Crippen LogP contribution in [-0.2, 0) is 14.8 Å². The number of benzene rings is 2. The predicted molar refractivity (Wildman–Crippen MR) is 111 cm³/mol. The molecule has 0 spiro atoms. The molecule has 0 aliphatic carbocycles. The summed E-state index contributed by atoms with van der Waals surface area (Å²) in [5.41, 5.74) is 6.85. The number of hydrogen-bond donors (Lipinski definition) is 3. The zero-order valence-corrected chi connectivity index (χ0v) is 17.4. The molecule has 9 heteroatoms. The van der Waals surface area contributed by atoms with Crippen molar-refractivity contribution in [2.24, 2.45) is 5.73 Å². The van der Waals surface area contributed by atoms with Gasteiger partial charge in [-0.3, -0.25) is 4.79 Å². The monoisotopic (exact) mass is 430 g/mol. The Morgan fingerprint density at radius 1 is 1.27 bits per heavy atom. The molecule has 8 nitrogen and oxygen atoms in total. The number of nitrogens with two attached hydrogens (primary N) is 1. The molecule has 2 aromatic carbocycles. The van der Waals surface area contributed by atoms with E-state index in [1.165, 1.54) is 0 Å². The summed E-state index contributed by atoms with van der Waals surface area (Å²) in [5, 5.41) is 0.472. The van der Waals surface area contributed by atoms with Crippen LogP contribution in [0.2, 0.25) is 0 Å². The van der Waals surface area contributed by atoms with Gasteiger partial charge in [0.25, 0.3) is 5.91 Å². The van der Waals surface area contributed by atoms with Gasteiger partial charge in [0.15, 0.2) is 4.90 Å². The van der Waals surface area contributed by atoms with E-state index in [1.807, 2.05) is 43.3 Å². The fraction of sp³-hybridized carbons (Fsp3) is 0.286. The molecule has 1 aromatic heterocycles. The summed E-state index contributed by atoms with van der Waals surface area (Å²) in [6.45, 7) is 2.83. The fourth-order valence-electron chi connectivity index (χ4n) is 3.69. The third kappa shape index (κ3) is 3.91. The Morgan fingerprint density at radius 2 is 2.03 bits per heavy atom. The van der Waals surface area contributed by atoms with Gasteiger partial charge in [-0.25, -0.2) is 4.31 Å². The van der Waals surface area contributed by atoms with Crippen molar-refractivity contribution in [3.05, 3.63) is 59.8 Å². The second-order valence-electron chi connectivity index (χ2n) is 7.36. The largest absolute Gasteiger partial charge is 0.491 e. The van der Waals surface area contributed by atoms with Crippen molar-refractivity contribution in [3.8, 4) is 5.75 Å². The van der Waals surface area contributed by atoms with Gasteiger partial charge in [-0.05, 0) is 31.2 Å². The lowest BCUT2D eigenvalue weighted by molar-refractivity contribution is -0.784. The third-order valence-electron chi connectivity index (χ3n) is 5.17. The first-order valence-electron chi connectivity index (χ1n) is 9.67. The summed E-state index contributed by atoms with van der Waals surface area (Å²) >= 11 is 0. The molecule has 1 amide bonds. The van der Waals surface area contributed by atoms with Gasteiger partial charge in [0.2, 0.25) is 0 Å². The van der Waals surface area contributed by atoms with Crippen molar-refractivity contribution >= 4 is 26.8 Å². The van der Waals surface area contributed by atoms with Crippen LogP contribution in [0.25, 0.3) is 10.9 Å². The standard InChI is InChI=1S/C21H23N3O5S/c1-14-7-8-18-17(11-14)20(19(23-18)21(22)25)30(26,27)24-9-10-28-16(12-24)13-29-15-5-3-2-4-6-15/h2-8,11,16,23H,9-10,12-13H2,1H3,(H2,22,25)/p+1/t16-/m1/s1. The van der Waals surface area contributed by atoms with Gasteiger partial charge < -0.3 is 20.2 Å². The summed E-state index contributed by atoms with van der Waals surface area (Å²) in [7, 11) is -3.90. The number of rotatable bonds is 6. The lowest BCUT2D eigenvalue weighted by Gasteiger charge is -2.29. The number of sulfonamides is 1. The zero-order chi connectivity index (χ0) is 21.3. The summed E-state index contributed by atoms with van der Waals surface area (Å²) in [6.07, 6.45) is -0.396. The highest BCUT2D eigenvalue weighted by Crippen LogP contribution is 2.27. The molecule has 1 aliphatic rings. The van der Waals surface area contributed by atoms with Crippen LogP contribution >= 0.6 is 0 Å². The molecule has 1 fully saturated rings. The number of ether oxygens (including phenoxy) is 2. The van der Waals surface area contributed by atoms with E-state index in [1.54, 1.807) is 12.1 Å². The second-order valence-corrected chi connectivity index (χ2v) is 9.35. The number of morpholine rings is 1. The van der Waals surface area contributed by atoms with E-state index in [0.29, 0.717) is 21.0 Å². The van der Waals surface area contributed by atoms with E-state index in [0.717, 1.165) is 5.56 Å². The van der Waals surface area contributed by atoms with Crippen molar-refractivity contribution in [1.29, 1.82) is 0 Å². The molecule has 30 heavy (non-hydrogen) atoms. The Balaban J connectivity index is 1.62. The minimum absolute atomic E-state index is 0.0478. The average Bonchev–Trinajstić information content (AvgIpc) is 3.13. The minimum atomic E-state index is -3.90. The summed E-state index contributed by atoms with van der Waals surface area (Å²) in [4.78, 5) is 14.8. The van der Waals surface area contributed by atoms with Crippen molar-refractivity contribution in [2.45, 2.75) is 17.9 Å². The lowest BCUT2D eigenvalue weighted by Crippen LogP contribution is -3.16. The molecule has 4 N–H and O–H groups in total. The number of carbonyl (C=O) groups excluding carboxylic acids is 1. The van der Waals surface area contributed by atoms with E-state index >= 15 is 0 Å². The first-order chi connectivity index (χ1) is 14.4. The number of primary amides is 1.